The molecule has 0 fully saturated rings. The second-order valence-electron chi connectivity index (χ2n) is 6.01. The Morgan fingerprint density at radius 1 is 0.952 bits per heavy atom. The maximum absolute atomic E-state index is 5.29. The molecule has 21 heavy (non-hydrogen) atoms. The third-order valence-electron chi connectivity index (χ3n) is 4.28. The van der Waals surface area contributed by atoms with Gasteiger partial charge in [-0.2, -0.15) is 0 Å². The van der Waals surface area contributed by atoms with E-state index in [0.717, 1.165) is 0 Å². The van der Waals surface area contributed by atoms with Crippen LogP contribution in [0.1, 0.15) is 59.3 Å². The number of unbranched alkanes of at least 4 members (excludes halogenated alkanes) is 3. The van der Waals surface area contributed by atoms with Crippen LogP contribution < -0.4 is 3.84 Å². The average molecular weight is 403 g/mol. The number of hydrogen-bond acceptors (Lipinski definition) is 4. The van der Waals surface area contributed by atoms with Crippen LogP contribution in [0.5, 0.6) is 0 Å². The van der Waals surface area contributed by atoms with Gasteiger partial charge in [-0.25, -0.2) is 0 Å². The van der Waals surface area contributed by atoms with Crippen molar-refractivity contribution in [1.29, 1.82) is 0 Å². The number of aromatic nitrogens is 4. The second-order valence-corrected chi connectivity index (χ2v) is 18.9. The Morgan fingerprint density at radius 2 is 1.48 bits per heavy atom. The first kappa shape index (κ1) is 18.9. The molecule has 122 valence electrons. The summed E-state index contributed by atoms with van der Waals surface area (Å²) in [6.45, 7) is 7.35. The number of hydrogen-bond donors (Lipinski definition) is 0. The van der Waals surface area contributed by atoms with Crippen LogP contribution in [0.4, 0.5) is 0 Å². The number of rotatable bonds is 12. The van der Waals surface area contributed by atoms with Gasteiger partial charge in [-0.1, -0.05) is 0 Å². The minimum absolute atomic E-state index is 0.491. The van der Waals surface area contributed by atoms with Gasteiger partial charge in [0.05, 0.1) is 0 Å². The van der Waals surface area contributed by atoms with Crippen LogP contribution in [0.25, 0.3) is 0 Å². The Bertz CT molecular complexity index is 362. The van der Waals surface area contributed by atoms with E-state index in [9.17, 15) is 0 Å². The molecular weight excluding hydrogens is 371 g/mol. The van der Waals surface area contributed by atoms with E-state index in [1.165, 1.54) is 55.7 Å². The molecular formula is C15H32N4OSn. The van der Waals surface area contributed by atoms with Crippen molar-refractivity contribution >= 4 is 22.2 Å². The van der Waals surface area contributed by atoms with E-state index in [2.05, 4.69) is 36.3 Å². The fourth-order valence-electron chi connectivity index (χ4n) is 3.05. The zero-order valence-electron chi connectivity index (χ0n) is 14.3. The van der Waals surface area contributed by atoms with Crippen molar-refractivity contribution in [3.05, 3.63) is 0 Å². The summed E-state index contributed by atoms with van der Waals surface area (Å²) in [4.78, 5) is 0. The van der Waals surface area contributed by atoms with Gasteiger partial charge in [0.15, 0.2) is 0 Å². The molecule has 0 saturated heterocycles. The van der Waals surface area contributed by atoms with Crippen LogP contribution in [-0.4, -0.2) is 45.7 Å². The van der Waals surface area contributed by atoms with E-state index in [-0.39, 0.29) is 0 Å². The van der Waals surface area contributed by atoms with Gasteiger partial charge in [-0.05, 0) is 0 Å². The molecule has 5 nitrogen and oxygen atoms in total. The van der Waals surface area contributed by atoms with E-state index in [4.69, 9.17) is 4.74 Å². The first-order valence-corrected chi connectivity index (χ1v) is 16.0. The predicted octanol–water partition coefficient (Wildman–Crippen LogP) is 3.33. The summed E-state index contributed by atoms with van der Waals surface area (Å²) in [6, 6.07) is 0. The van der Waals surface area contributed by atoms with Gasteiger partial charge in [-0.15, -0.1) is 0 Å². The maximum atomic E-state index is 5.29. The number of nitrogens with zero attached hydrogens (tertiary/aromatic N) is 4. The van der Waals surface area contributed by atoms with E-state index >= 15 is 0 Å². The van der Waals surface area contributed by atoms with Crippen molar-refractivity contribution in [2.75, 3.05) is 7.11 Å². The average Bonchev–Trinajstić information content (AvgIpc) is 2.96. The molecule has 0 spiro atoms. The molecule has 0 aromatic carbocycles. The van der Waals surface area contributed by atoms with Crippen LogP contribution in [0, 0.1) is 0 Å². The molecule has 0 atom stereocenters. The molecule has 1 heterocycles. The molecule has 0 saturated carbocycles. The van der Waals surface area contributed by atoms with Crippen LogP contribution in [0.15, 0.2) is 0 Å². The Labute approximate surface area is 133 Å². The Balaban J connectivity index is 3.06. The van der Waals surface area contributed by atoms with Crippen molar-refractivity contribution in [2.24, 2.45) is 0 Å². The molecule has 0 unspecified atom stereocenters. The summed E-state index contributed by atoms with van der Waals surface area (Å²) in [5.41, 5.74) is 0. The molecule has 1 aromatic heterocycles. The van der Waals surface area contributed by atoms with Gasteiger partial charge in [0, 0.05) is 0 Å². The first-order chi connectivity index (χ1) is 10.2. The molecule has 0 radical (unpaired) electrons. The van der Waals surface area contributed by atoms with Gasteiger partial charge < -0.3 is 0 Å². The molecule has 0 N–H and O–H groups in total. The second kappa shape index (κ2) is 10.5. The van der Waals surface area contributed by atoms with Crippen LogP contribution in [-0.2, 0) is 11.5 Å². The van der Waals surface area contributed by atoms with Crippen molar-refractivity contribution in [3.8, 4) is 0 Å². The zero-order valence-corrected chi connectivity index (χ0v) is 17.1. The third kappa shape index (κ3) is 5.51. The molecule has 1 rings (SSSR count). The normalized spacial score (nSPS) is 12.0. The van der Waals surface area contributed by atoms with Crippen LogP contribution >= 0.6 is 0 Å². The molecule has 0 aliphatic carbocycles. The van der Waals surface area contributed by atoms with Gasteiger partial charge in [0.25, 0.3) is 0 Å². The molecule has 1 aromatic rings. The summed E-state index contributed by atoms with van der Waals surface area (Å²) in [7, 11) is 1.72. The first-order valence-electron chi connectivity index (χ1n) is 8.49. The molecule has 0 aliphatic heterocycles. The standard InChI is InChI=1S/3C4H9.C3H5N4O.Sn/c3*1-3-4-2;1-8-3-7-2-4-5-6-7;/h3*1,3-4H2,2H3;3H2,1H3;. The van der Waals surface area contributed by atoms with Gasteiger partial charge in [0.1, 0.15) is 0 Å². The Hall–Kier alpha value is -0.171. The fourth-order valence-corrected chi connectivity index (χ4v) is 18.5. The Morgan fingerprint density at radius 3 is 1.90 bits per heavy atom. The van der Waals surface area contributed by atoms with Gasteiger partial charge in [0.2, 0.25) is 0 Å². The minimum atomic E-state index is -2.50. The van der Waals surface area contributed by atoms with Crippen molar-refractivity contribution in [3.63, 3.8) is 0 Å². The molecule has 6 heteroatoms. The van der Waals surface area contributed by atoms with Crippen molar-refractivity contribution in [1.82, 2.24) is 20.2 Å². The van der Waals surface area contributed by atoms with Crippen molar-refractivity contribution < 1.29 is 4.74 Å². The van der Waals surface area contributed by atoms with Crippen LogP contribution in [0.3, 0.4) is 0 Å². The van der Waals surface area contributed by atoms with E-state index in [1.54, 1.807) is 7.11 Å². The SMILES string of the molecule is CCC[CH2][Sn]([CH2]CCC)([CH2]CCC)[c]1nnnn1COC. The third-order valence-corrected chi connectivity index (χ3v) is 19.2. The molecule has 0 amide bonds. The summed E-state index contributed by atoms with van der Waals surface area (Å²) >= 11 is -2.50. The molecule has 0 aliphatic rings. The zero-order chi connectivity index (χ0) is 15.6. The topological polar surface area (TPSA) is 52.8 Å². The number of tetrazole rings is 1. The number of methoxy groups -OCH3 is 1. The number of ether oxygens (including phenoxy) is 1. The quantitative estimate of drug-likeness (QED) is 0.503. The van der Waals surface area contributed by atoms with Crippen molar-refractivity contribution in [2.45, 2.75) is 79.3 Å². The monoisotopic (exact) mass is 404 g/mol. The Kier molecular flexibility index (Phi) is 9.47. The summed E-state index contributed by atoms with van der Waals surface area (Å²) in [5, 5.41) is 12.6. The van der Waals surface area contributed by atoms with E-state index < -0.39 is 18.4 Å². The predicted molar refractivity (Wildman–Crippen MR) is 89.4 cm³/mol. The van der Waals surface area contributed by atoms with Gasteiger partial charge >= 0.3 is 134 Å². The summed E-state index contributed by atoms with van der Waals surface area (Å²) in [6.07, 6.45) is 7.77. The van der Waals surface area contributed by atoms with E-state index in [0.29, 0.717) is 6.73 Å². The van der Waals surface area contributed by atoms with E-state index in [1.807, 2.05) is 4.68 Å². The fraction of sp³-hybridized carbons (Fsp3) is 0.933. The van der Waals surface area contributed by atoms with Crippen LogP contribution in [0.2, 0.25) is 13.3 Å². The summed E-state index contributed by atoms with van der Waals surface area (Å²) < 4.78 is 12.6. The summed E-state index contributed by atoms with van der Waals surface area (Å²) in [5.74, 6) is 0. The van der Waals surface area contributed by atoms with Gasteiger partial charge in [-0.3, -0.25) is 0 Å². The molecule has 0 bridgehead atoms.